The van der Waals surface area contributed by atoms with Crippen molar-refractivity contribution in [2.24, 2.45) is 15.4 Å². The Balaban J connectivity index is 1.80. The van der Waals surface area contributed by atoms with Gasteiger partial charge in [0.25, 0.3) is 0 Å². The molecule has 0 aliphatic carbocycles. The van der Waals surface area contributed by atoms with Gasteiger partial charge in [-0.1, -0.05) is 30.3 Å². The third kappa shape index (κ3) is 3.45. The molecule has 0 atom stereocenters. The molecule has 2 aromatic rings. The van der Waals surface area contributed by atoms with E-state index in [0.29, 0.717) is 19.6 Å². The van der Waals surface area contributed by atoms with E-state index in [0.717, 1.165) is 22.8 Å². The minimum absolute atomic E-state index is 0.518. The van der Waals surface area contributed by atoms with Gasteiger partial charge in [0.1, 0.15) is 13.2 Å². The molecule has 5 nitrogen and oxygen atoms in total. The molecule has 0 spiro atoms. The van der Waals surface area contributed by atoms with Gasteiger partial charge in [0.2, 0.25) is 0 Å². The van der Waals surface area contributed by atoms with Crippen LogP contribution >= 0.6 is 0 Å². The summed E-state index contributed by atoms with van der Waals surface area (Å²) in [4.78, 5) is 0. The van der Waals surface area contributed by atoms with Gasteiger partial charge in [-0.3, -0.25) is 0 Å². The van der Waals surface area contributed by atoms with Crippen LogP contribution in [0.5, 0.6) is 11.5 Å². The maximum absolute atomic E-state index is 6.07. The number of ether oxygens (including phenoxy) is 2. The first kappa shape index (κ1) is 16.2. The van der Waals surface area contributed by atoms with Crippen molar-refractivity contribution in [3.8, 4) is 11.5 Å². The zero-order valence-electron chi connectivity index (χ0n) is 14.2. The highest BCUT2D eigenvalue weighted by molar-refractivity contribution is 5.89. The van der Waals surface area contributed by atoms with Crippen LogP contribution in [0.2, 0.25) is 0 Å². The van der Waals surface area contributed by atoms with Crippen LogP contribution in [0.15, 0.2) is 51.8 Å². The van der Waals surface area contributed by atoms with Crippen LogP contribution in [0.1, 0.15) is 22.3 Å². The van der Waals surface area contributed by atoms with Crippen molar-refractivity contribution in [2.75, 3.05) is 13.7 Å². The molecule has 0 N–H and O–H groups in total. The van der Waals surface area contributed by atoms with Gasteiger partial charge < -0.3 is 9.47 Å². The number of benzene rings is 2. The maximum atomic E-state index is 6.07. The number of hydrogen-bond acceptors (Lipinski definition) is 5. The molecule has 0 saturated heterocycles. The Morgan fingerprint density at radius 2 is 1.79 bits per heavy atom. The summed E-state index contributed by atoms with van der Waals surface area (Å²) in [5.41, 5.74) is 5.63. The Bertz CT molecular complexity index is 777. The summed E-state index contributed by atoms with van der Waals surface area (Å²) in [6.45, 7) is 5.27. The van der Waals surface area contributed by atoms with Crippen LogP contribution in [0.3, 0.4) is 0 Å². The summed E-state index contributed by atoms with van der Waals surface area (Å²) in [5, 5.41) is 11.6. The predicted molar refractivity (Wildman–Crippen MR) is 94.1 cm³/mol. The molecule has 0 fully saturated rings. The average Bonchev–Trinajstić information content (AvgIpc) is 3.07. The SMILES string of the molecule is COc1c(CC2=NN=NC2)cccc1OCc1c(C)cccc1C. The molecular weight excluding hydrogens is 302 g/mol. The Morgan fingerprint density at radius 3 is 2.46 bits per heavy atom. The van der Waals surface area contributed by atoms with Crippen molar-refractivity contribution in [1.82, 2.24) is 0 Å². The second kappa shape index (κ2) is 7.25. The summed E-state index contributed by atoms with van der Waals surface area (Å²) in [6.07, 6.45) is 0.663. The van der Waals surface area contributed by atoms with Crippen LogP contribution < -0.4 is 9.47 Å². The smallest absolute Gasteiger partial charge is 0.164 e. The number of hydrogen-bond donors (Lipinski definition) is 0. The number of methoxy groups -OCH3 is 1. The van der Waals surface area contributed by atoms with Crippen molar-refractivity contribution in [1.29, 1.82) is 0 Å². The van der Waals surface area contributed by atoms with E-state index in [1.807, 2.05) is 18.2 Å². The van der Waals surface area contributed by atoms with E-state index >= 15 is 0 Å². The first-order chi connectivity index (χ1) is 11.7. The zero-order chi connectivity index (χ0) is 16.9. The number of para-hydroxylation sites is 1. The molecule has 124 valence electrons. The second-order valence-electron chi connectivity index (χ2n) is 5.84. The van der Waals surface area contributed by atoms with E-state index < -0.39 is 0 Å². The predicted octanol–water partition coefficient (Wildman–Crippen LogP) is 4.26. The topological polar surface area (TPSA) is 55.5 Å². The van der Waals surface area contributed by atoms with Gasteiger partial charge in [-0.25, -0.2) is 0 Å². The average molecular weight is 323 g/mol. The third-order valence-electron chi connectivity index (χ3n) is 4.18. The van der Waals surface area contributed by atoms with Crippen LogP contribution in [0, 0.1) is 13.8 Å². The van der Waals surface area contributed by atoms with E-state index in [4.69, 9.17) is 9.47 Å². The number of rotatable bonds is 6. The molecule has 0 aromatic heterocycles. The highest BCUT2D eigenvalue weighted by atomic mass is 16.5. The van der Waals surface area contributed by atoms with Gasteiger partial charge in [-0.2, -0.15) is 5.11 Å². The Hall–Kier alpha value is -2.69. The molecule has 3 rings (SSSR count). The van der Waals surface area contributed by atoms with E-state index in [1.165, 1.54) is 16.7 Å². The number of nitrogens with zero attached hydrogens (tertiary/aromatic N) is 3. The molecule has 1 aliphatic rings. The Labute approximate surface area is 142 Å². The summed E-state index contributed by atoms with van der Waals surface area (Å²) in [6, 6.07) is 12.2. The molecule has 0 saturated carbocycles. The van der Waals surface area contributed by atoms with E-state index in [1.54, 1.807) is 7.11 Å². The van der Waals surface area contributed by atoms with E-state index in [9.17, 15) is 0 Å². The molecule has 0 bridgehead atoms. The first-order valence-electron chi connectivity index (χ1n) is 7.95. The van der Waals surface area contributed by atoms with Gasteiger partial charge in [0.15, 0.2) is 11.5 Å². The quantitative estimate of drug-likeness (QED) is 0.797. The van der Waals surface area contributed by atoms with Crippen molar-refractivity contribution < 1.29 is 9.47 Å². The van der Waals surface area contributed by atoms with Gasteiger partial charge in [-0.05, 0) is 41.8 Å². The molecule has 0 unspecified atom stereocenters. The summed E-state index contributed by atoms with van der Waals surface area (Å²) < 4.78 is 11.7. The normalized spacial score (nSPS) is 13.0. The Kier molecular flexibility index (Phi) is 4.89. The summed E-state index contributed by atoms with van der Waals surface area (Å²) >= 11 is 0. The van der Waals surface area contributed by atoms with E-state index in [2.05, 4.69) is 47.5 Å². The third-order valence-corrected chi connectivity index (χ3v) is 4.18. The number of aryl methyl sites for hydroxylation is 2. The van der Waals surface area contributed by atoms with Crippen LogP contribution in [0.4, 0.5) is 0 Å². The fourth-order valence-electron chi connectivity index (χ4n) is 2.82. The van der Waals surface area contributed by atoms with Crippen LogP contribution in [0.25, 0.3) is 0 Å². The second-order valence-corrected chi connectivity index (χ2v) is 5.84. The lowest BCUT2D eigenvalue weighted by Crippen LogP contribution is -2.07. The molecule has 1 heterocycles. The largest absolute Gasteiger partial charge is 0.493 e. The molecule has 1 aliphatic heterocycles. The lowest BCUT2D eigenvalue weighted by atomic mass is 10.0. The van der Waals surface area contributed by atoms with Crippen molar-refractivity contribution in [3.05, 3.63) is 58.7 Å². The van der Waals surface area contributed by atoms with Gasteiger partial charge >= 0.3 is 0 Å². The van der Waals surface area contributed by atoms with Crippen molar-refractivity contribution in [3.63, 3.8) is 0 Å². The minimum atomic E-state index is 0.518. The fraction of sp³-hybridized carbons (Fsp3) is 0.316. The van der Waals surface area contributed by atoms with Crippen molar-refractivity contribution >= 4 is 5.71 Å². The van der Waals surface area contributed by atoms with Gasteiger partial charge in [0, 0.05) is 12.0 Å². The van der Waals surface area contributed by atoms with Gasteiger partial charge in [0.05, 0.1) is 12.8 Å². The summed E-state index contributed by atoms with van der Waals surface area (Å²) in [5.74, 6) is 1.49. The maximum Gasteiger partial charge on any atom is 0.164 e. The molecule has 24 heavy (non-hydrogen) atoms. The lowest BCUT2D eigenvalue weighted by molar-refractivity contribution is 0.282. The molecule has 0 amide bonds. The van der Waals surface area contributed by atoms with E-state index in [-0.39, 0.29) is 0 Å². The highest BCUT2D eigenvalue weighted by Crippen LogP contribution is 2.32. The molecule has 5 heteroatoms. The van der Waals surface area contributed by atoms with Crippen LogP contribution in [-0.2, 0) is 13.0 Å². The Morgan fingerprint density at radius 1 is 1.04 bits per heavy atom. The highest BCUT2D eigenvalue weighted by Gasteiger charge is 2.15. The monoisotopic (exact) mass is 323 g/mol. The first-order valence-corrected chi connectivity index (χ1v) is 7.95. The molecular formula is C19H21N3O2. The standard InChI is InChI=1S/C19H21N3O2/c1-13-6-4-7-14(2)17(13)12-24-18-9-5-8-15(19(18)23-3)10-16-11-20-22-21-16/h4-9H,10-12H2,1-3H3. The minimum Gasteiger partial charge on any atom is -0.493 e. The molecule has 2 aromatic carbocycles. The van der Waals surface area contributed by atoms with Gasteiger partial charge in [-0.15, -0.1) is 5.10 Å². The van der Waals surface area contributed by atoms with Crippen molar-refractivity contribution in [2.45, 2.75) is 26.9 Å². The summed E-state index contributed by atoms with van der Waals surface area (Å²) in [7, 11) is 1.66. The fourth-order valence-corrected chi connectivity index (χ4v) is 2.82. The molecule has 0 radical (unpaired) electrons. The zero-order valence-corrected chi connectivity index (χ0v) is 14.2. The van der Waals surface area contributed by atoms with Crippen LogP contribution in [-0.4, -0.2) is 19.4 Å². The lowest BCUT2D eigenvalue weighted by Gasteiger charge is -2.16.